The minimum absolute atomic E-state index is 0.176. The van der Waals surface area contributed by atoms with Gasteiger partial charge in [0.1, 0.15) is 0 Å². The van der Waals surface area contributed by atoms with Crippen LogP contribution in [0, 0.1) is 0 Å². The van der Waals surface area contributed by atoms with E-state index in [4.69, 9.17) is 4.84 Å². The zero-order chi connectivity index (χ0) is 12.4. The number of hydrogen-bond acceptors (Lipinski definition) is 2. The highest BCUT2D eigenvalue weighted by atomic mass is 79.9. The first-order valence-corrected chi connectivity index (χ1v) is 5.93. The number of fused-ring (bicyclic) bond motifs is 1. The standard InChI is InChI=1S/C13H12BrNO2/c1-15(17-2)13(16)11-7-9-5-3-4-6-10(9)8-12(11)14/h3-8H,1-2H3. The number of benzene rings is 2. The Morgan fingerprint density at radius 2 is 1.82 bits per heavy atom. The molecule has 0 fully saturated rings. The van der Waals surface area contributed by atoms with Gasteiger partial charge in [-0.25, -0.2) is 5.06 Å². The molecule has 0 aliphatic carbocycles. The lowest BCUT2D eigenvalue weighted by Crippen LogP contribution is -2.25. The quantitative estimate of drug-likeness (QED) is 0.796. The largest absolute Gasteiger partial charge is 0.278 e. The summed E-state index contributed by atoms with van der Waals surface area (Å²) in [5.74, 6) is -0.176. The molecule has 0 unspecified atom stereocenters. The van der Waals surface area contributed by atoms with Crippen LogP contribution < -0.4 is 0 Å². The maximum Gasteiger partial charge on any atom is 0.278 e. The van der Waals surface area contributed by atoms with Gasteiger partial charge in [0.2, 0.25) is 0 Å². The average molecular weight is 294 g/mol. The number of carbonyl (C=O) groups excluding carboxylic acids is 1. The molecule has 0 aliphatic rings. The van der Waals surface area contributed by atoms with Crippen molar-refractivity contribution in [3.05, 3.63) is 46.4 Å². The molecule has 17 heavy (non-hydrogen) atoms. The van der Waals surface area contributed by atoms with Crippen molar-refractivity contribution in [2.75, 3.05) is 14.2 Å². The molecule has 0 radical (unpaired) electrons. The van der Waals surface area contributed by atoms with Crippen molar-refractivity contribution in [3.63, 3.8) is 0 Å². The lowest BCUT2D eigenvalue weighted by molar-refractivity contribution is -0.0757. The zero-order valence-electron chi connectivity index (χ0n) is 9.61. The van der Waals surface area contributed by atoms with E-state index in [9.17, 15) is 4.79 Å². The third kappa shape index (κ3) is 2.33. The molecule has 0 heterocycles. The molecule has 0 saturated heterocycles. The van der Waals surface area contributed by atoms with Gasteiger partial charge in [0, 0.05) is 11.5 Å². The summed E-state index contributed by atoms with van der Waals surface area (Å²) in [5, 5.41) is 3.33. The number of hydroxylamine groups is 2. The van der Waals surface area contributed by atoms with Crippen molar-refractivity contribution in [2.45, 2.75) is 0 Å². The van der Waals surface area contributed by atoms with Crippen molar-refractivity contribution in [1.29, 1.82) is 0 Å². The molecule has 0 N–H and O–H groups in total. The van der Waals surface area contributed by atoms with Gasteiger partial charge >= 0.3 is 0 Å². The van der Waals surface area contributed by atoms with E-state index in [1.165, 1.54) is 12.2 Å². The first-order valence-electron chi connectivity index (χ1n) is 5.14. The molecule has 0 aromatic heterocycles. The second-order valence-corrected chi connectivity index (χ2v) is 4.52. The van der Waals surface area contributed by atoms with Crippen molar-refractivity contribution < 1.29 is 9.63 Å². The number of hydrogen-bond donors (Lipinski definition) is 0. The van der Waals surface area contributed by atoms with Crippen molar-refractivity contribution in [3.8, 4) is 0 Å². The Bertz CT molecular complexity index is 568. The Morgan fingerprint density at radius 1 is 1.24 bits per heavy atom. The van der Waals surface area contributed by atoms with Gasteiger partial charge in [-0.15, -0.1) is 0 Å². The third-order valence-corrected chi connectivity index (χ3v) is 3.28. The van der Waals surface area contributed by atoms with Gasteiger partial charge in [-0.2, -0.15) is 0 Å². The Kier molecular flexibility index (Phi) is 3.45. The lowest BCUT2D eigenvalue weighted by atomic mass is 10.1. The predicted molar refractivity (Wildman–Crippen MR) is 70.8 cm³/mol. The molecule has 2 aromatic carbocycles. The predicted octanol–water partition coefficient (Wildman–Crippen LogP) is 3.24. The monoisotopic (exact) mass is 293 g/mol. The van der Waals surface area contributed by atoms with Crippen LogP contribution in [0.4, 0.5) is 0 Å². The molecule has 3 nitrogen and oxygen atoms in total. The first-order chi connectivity index (χ1) is 8.13. The van der Waals surface area contributed by atoms with Crippen molar-refractivity contribution in [1.82, 2.24) is 5.06 Å². The molecule has 1 amide bonds. The Balaban J connectivity index is 2.54. The maximum absolute atomic E-state index is 12.0. The van der Waals surface area contributed by atoms with Crippen molar-refractivity contribution in [2.24, 2.45) is 0 Å². The number of halogens is 1. The van der Waals surface area contributed by atoms with Gasteiger partial charge in [-0.1, -0.05) is 24.3 Å². The Hall–Kier alpha value is -1.39. The van der Waals surface area contributed by atoms with Crippen LogP contribution in [0.2, 0.25) is 0 Å². The van der Waals surface area contributed by atoms with E-state index in [-0.39, 0.29) is 5.91 Å². The van der Waals surface area contributed by atoms with Crippen LogP contribution in [0.15, 0.2) is 40.9 Å². The lowest BCUT2D eigenvalue weighted by Gasteiger charge is -2.15. The molecule has 4 heteroatoms. The van der Waals surface area contributed by atoms with E-state index in [2.05, 4.69) is 15.9 Å². The van der Waals surface area contributed by atoms with Crippen LogP contribution in [0.25, 0.3) is 10.8 Å². The fraction of sp³-hybridized carbons (Fsp3) is 0.154. The maximum atomic E-state index is 12.0. The zero-order valence-corrected chi connectivity index (χ0v) is 11.2. The van der Waals surface area contributed by atoms with Gasteiger partial charge in [0.25, 0.3) is 5.91 Å². The highest BCUT2D eigenvalue weighted by molar-refractivity contribution is 9.10. The number of rotatable bonds is 2. The minimum atomic E-state index is -0.176. The molecular weight excluding hydrogens is 282 g/mol. The number of amides is 1. The molecule has 2 aromatic rings. The summed E-state index contributed by atoms with van der Waals surface area (Å²) in [6.45, 7) is 0. The van der Waals surface area contributed by atoms with E-state index in [0.717, 1.165) is 15.2 Å². The highest BCUT2D eigenvalue weighted by Gasteiger charge is 2.15. The second-order valence-electron chi connectivity index (χ2n) is 3.66. The SMILES string of the molecule is CON(C)C(=O)c1cc2ccccc2cc1Br. The first kappa shape index (κ1) is 12.1. The fourth-order valence-electron chi connectivity index (χ4n) is 1.63. The summed E-state index contributed by atoms with van der Waals surface area (Å²) in [6.07, 6.45) is 0. The molecule has 2 rings (SSSR count). The smallest absolute Gasteiger partial charge is 0.274 e. The topological polar surface area (TPSA) is 29.5 Å². The molecular formula is C13H12BrNO2. The molecule has 0 aliphatic heterocycles. The van der Waals surface area contributed by atoms with Crippen LogP contribution in [-0.2, 0) is 4.84 Å². The van der Waals surface area contributed by atoms with Gasteiger partial charge in [-0.3, -0.25) is 9.63 Å². The van der Waals surface area contributed by atoms with Crippen LogP contribution in [0.3, 0.4) is 0 Å². The summed E-state index contributed by atoms with van der Waals surface area (Å²) in [6, 6.07) is 11.7. The Morgan fingerprint density at radius 3 is 2.41 bits per heavy atom. The molecule has 88 valence electrons. The fourth-order valence-corrected chi connectivity index (χ4v) is 2.16. The third-order valence-electron chi connectivity index (χ3n) is 2.63. The normalized spacial score (nSPS) is 10.5. The average Bonchev–Trinajstić information content (AvgIpc) is 2.36. The number of carbonyl (C=O) groups is 1. The summed E-state index contributed by atoms with van der Waals surface area (Å²) in [4.78, 5) is 16.9. The van der Waals surface area contributed by atoms with E-state index < -0.39 is 0 Å². The summed E-state index contributed by atoms with van der Waals surface area (Å²) in [5.41, 5.74) is 0.591. The molecule has 0 atom stereocenters. The second kappa shape index (κ2) is 4.85. The summed E-state index contributed by atoms with van der Waals surface area (Å²) < 4.78 is 0.769. The van der Waals surface area contributed by atoms with Crippen LogP contribution in [0.5, 0.6) is 0 Å². The van der Waals surface area contributed by atoms with E-state index >= 15 is 0 Å². The van der Waals surface area contributed by atoms with E-state index in [0.29, 0.717) is 5.56 Å². The molecule has 0 saturated carbocycles. The summed E-state index contributed by atoms with van der Waals surface area (Å²) >= 11 is 3.41. The Labute approximate surface area is 108 Å². The highest BCUT2D eigenvalue weighted by Crippen LogP contribution is 2.25. The van der Waals surface area contributed by atoms with Gasteiger partial charge in [0.15, 0.2) is 0 Å². The van der Waals surface area contributed by atoms with Crippen molar-refractivity contribution >= 4 is 32.6 Å². The molecule has 0 bridgehead atoms. The van der Waals surface area contributed by atoms with Crippen LogP contribution in [-0.4, -0.2) is 25.1 Å². The van der Waals surface area contributed by atoms with Gasteiger partial charge in [-0.05, 0) is 38.8 Å². The minimum Gasteiger partial charge on any atom is -0.274 e. The summed E-state index contributed by atoms with van der Waals surface area (Å²) in [7, 11) is 3.05. The van der Waals surface area contributed by atoms with Crippen LogP contribution >= 0.6 is 15.9 Å². The van der Waals surface area contributed by atoms with Crippen LogP contribution in [0.1, 0.15) is 10.4 Å². The van der Waals surface area contributed by atoms with E-state index in [1.54, 1.807) is 7.05 Å². The van der Waals surface area contributed by atoms with E-state index in [1.807, 2.05) is 36.4 Å². The van der Waals surface area contributed by atoms with Gasteiger partial charge < -0.3 is 0 Å². The number of nitrogens with zero attached hydrogens (tertiary/aromatic N) is 1. The van der Waals surface area contributed by atoms with Gasteiger partial charge in [0.05, 0.1) is 12.7 Å². The molecule has 0 spiro atoms.